The molecule has 0 aliphatic heterocycles. The van der Waals surface area contributed by atoms with Crippen LogP contribution in [0.5, 0.6) is 0 Å². The van der Waals surface area contributed by atoms with Gasteiger partial charge in [0, 0.05) is 18.7 Å². The van der Waals surface area contributed by atoms with Crippen molar-refractivity contribution in [2.45, 2.75) is 27.7 Å². The largest absolute Gasteiger partial charge is 0.292 e. The first kappa shape index (κ1) is 12.9. The van der Waals surface area contributed by atoms with Gasteiger partial charge >= 0.3 is 0 Å². The third kappa shape index (κ3) is 2.99. The predicted octanol–water partition coefficient (Wildman–Crippen LogP) is 3.79. The lowest BCUT2D eigenvalue weighted by molar-refractivity contribution is 0.986. The third-order valence-corrected chi connectivity index (χ3v) is 2.61. The molecule has 0 bridgehead atoms. The van der Waals surface area contributed by atoms with E-state index in [9.17, 15) is 0 Å². The van der Waals surface area contributed by atoms with Crippen molar-refractivity contribution in [1.29, 1.82) is 0 Å². The highest BCUT2D eigenvalue weighted by Gasteiger charge is 2.10. The van der Waals surface area contributed by atoms with Crippen molar-refractivity contribution in [2.75, 3.05) is 7.05 Å². The smallest absolute Gasteiger partial charge is 0.0442 e. The molecule has 1 heteroatoms. The Morgan fingerprint density at radius 3 is 2.00 bits per heavy atom. The first-order valence-electron chi connectivity index (χ1n) is 4.88. The minimum absolute atomic E-state index is 0.300. The molecule has 0 aromatic heterocycles. The van der Waals surface area contributed by atoms with Crippen LogP contribution in [0.4, 0.5) is 0 Å². The molecule has 1 unspecified atom stereocenters. The molecule has 0 rings (SSSR count). The first-order chi connectivity index (χ1) is 6.45. The average Bonchev–Trinajstić information content (AvgIpc) is 2.16. The Morgan fingerprint density at radius 1 is 1.21 bits per heavy atom. The van der Waals surface area contributed by atoms with E-state index >= 15 is 0 Å². The molecule has 0 aliphatic carbocycles. The lowest BCUT2D eigenvalue weighted by Crippen LogP contribution is -2.11. The molecule has 14 heavy (non-hydrogen) atoms. The van der Waals surface area contributed by atoms with E-state index < -0.39 is 0 Å². The van der Waals surface area contributed by atoms with Crippen molar-refractivity contribution in [3.8, 4) is 0 Å². The van der Waals surface area contributed by atoms with Crippen LogP contribution in [0.2, 0.25) is 0 Å². The SMILES string of the molecule is C=CC(C)C(=N/C)/C(C)=C(\C)C(=C)C. The quantitative estimate of drug-likeness (QED) is 0.364. The number of hydrogen-bond donors (Lipinski definition) is 0. The Balaban J connectivity index is 5.18. The molecule has 1 atom stereocenters. The lowest BCUT2D eigenvalue weighted by Gasteiger charge is -2.14. The maximum absolute atomic E-state index is 4.31. The van der Waals surface area contributed by atoms with Crippen LogP contribution in [0.3, 0.4) is 0 Å². The summed E-state index contributed by atoms with van der Waals surface area (Å²) in [6, 6.07) is 0. The van der Waals surface area contributed by atoms with Crippen LogP contribution >= 0.6 is 0 Å². The van der Waals surface area contributed by atoms with Crippen molar-refractivity contribution in [3.05, 3.63) is 36.0 Å². The van der Waals surface area contributed by atoms with E-state index in [0.29, 0.717) is 5.92 Å². The van der Waals surface area contributed by atoms with Crippen LogP contribution in [0, 0.1) is 5.92 Å². The Labute approximate surface area is 87.9 Å². The normalized spacial score (nSPS) is 15.9. The highest BCUT2D eigenvalue weighted by atomic mass is 14.7. The molecule has 0 aromatic rings. The van der Waals surface area contributed by atoms with Gasteiger partial charge in [-0.1, -0.05) is 25.2 Å². The zero-order valence-corrected chi connectivity index (χ0v) is 10.0. The second-order valence-corrected chi connectivity index (χ2v) is 3.66. The summed E-state index contributed by atoms with van der Waals surface area (Å²) < 4.78 is 0. The maximum Gasteiger partial charge on any atom is 0.0442 e. The monoisotopic (exact) mass is 191 g/mol. The van der Waals surface area contributed by atoms with Crippen molar-refractivity contribution in [3.63, 3.8) is 0 Å². The fourth-order valence-corrected chi connectivity index (χ4v) is 1.34. The lowest BCUT2D eigenvalue weighted by atomic mass is 9.93. The van der Waals surface area contributed by atoms with Crippen LogP contribution in [0.25, 0.3) is 0 Å². The van der Waals surface area contributed by atoms with E-state index in [-0.39, 0.29) is 0 Å². The zero-order chi connectivity index (χ0) is 11.3. The Bertz CT molecular complexity index is 292. The Kier molecular flexibility index (Phi) is 5.14. The average molecular weight is 191 g/mol. The van der Waals surface area contributed by atoms with Crippen LogP contribution < -0.4 is 0 Å². The van der Waals surface area contributed by atoms with Gasteiger partial charge in [0.2, 0.25) is 0 Å². The molecule has 0 aliphatic rings. The van der Waals surface area contributed by atoms with Gasteiger partial charge in [0.25, 0.3) is 0 Å². The highest BCUT2D eigenvalue weighted by molar-refractivity contribution is 6.03. The molecule has 0 aromatic carbocycles. The number of rotatable bonds is 4. The Hall–Kier alpha value is -1.11. The Morgan fingerprint density at radius 2 is 1.71 bits per heavy atom. The minimum Gasteiger partial charge on any atom is -0.292 e. The second-order valence-electron chi connectivity index (χ2n) is 3.66. The summed E-state index contributed by atoms with van der Waals surface area (Å²) >= 11 is 0. The van der Waals surface area contributed by atoms with Crippen LogP contribution in [-0.4, -0.2) is 12.8 Å². The van der Waals surface area contributed by atoms with Crippen molar-refractivity contribution in [2.24, 2.45) is 10.9 Å². The molecular formula is C13H21N. The van der Waals surface area contributed by atoms with Gasteiger partial charge in [-0.3, -0.25) is 4.99 Å². The van der Waals surface area contributed by atoms with E-state index in [2.05, 4.69) is 38.9 Å². The summed E-state index contributed by atoms with van der Waals surface area (Å²) in [7, 11) is 1.82. The van der Waals surface area contributed by atoms with Crippen molar-refractivity contribution < 1.29 is 0 Å². The van der Waals surface area contributed by atoms with Gasteiger partial charge in [-0.05, 0) is 31.9 Å². The number of allylic oxidation sites excluding steroid dienone is 4. The fraction of sp³-hybridized carbons (Fsp3) is 0.462. The summed E-state index contributed by atoms with van der Waals surface area (Å²) in [5.74, 6) is 0.300. The standard InChI is InChI=1S/C13H21N/c1-8-10(4)13(14-7)12(6)11(5)9(2)3/h8,10H,1-2H2,3-7H3/b12-11+,14-13-. The molecule has 0 spiro atoms. The second kappa shape index (κ2) is 5.58. The molecule has 0 heterocycles. The molecule has 78 valence electrons. The summed E-state index contributed by atoms with van der Waals surface area (Å²) in [6.45, 7) is 16.0. The molecule has 0 fully saturated rings. The van der Waals surface area contributed by atoms with E-state index in [4.69, 9.17) is 0 Å². The molecule has 0 radical (unpaired) electrons. The number of nitrogens with zero attached hydrogens (tertiary/aromatic N) is 1. The molecule has 0 saturated heterocycles. The van der Waals surface area contributed by atoms with Crippen LogP contribution in [0.15, 0.2) is 40.9 Å². The zero-order valence-electron chi connectivity index (χ0n) is 10.0. The van der Waals surface area contributed by atoms with Gasteiger partial charge in [0.1, 0.15) is 0 Å². The maximum atomic E-state index is 4.31. The van der Waals surface area contributed by atoms with Crippen LogP contribution in [0.1, 0.15) is 27.7 Å². The molecule has 0 N–H and O–H groups in total. The van der Waals surface area contributed by atoms with E-state index in [1.165, 1.54) is 11.1 Å². The van der Waals surface area contributed by atoms with Gasteiger partial charge in [0.15, 0.2) is 0 Å². The molecule has 0 amide bonds. The summed E-state index contributed by atoms with van der Waals surface area (Å²) in [6.07, 6.45) is 1.91. The topological polar surface area (TPSA) is 12.4 Å². The fourth-order valence-electron chi connectivity index (χ4n) is 1.34. The molecule has 1 nitrogen and oxygen atoms in total. The summed E-state index contributed by atoms with van der Waals surface area (Å²) in [5.41, 5.74) is 4.63. The van der Waals surface area contributed by atoms with Gasteiger partial charge in [-0.2, -0.15) is 0 Å². The van der Waals surface area contributed by atoms with Crippen molar-refractivity contribution >= 4 is 5.71 Å². The van der Waals surface area contributed by atoms with E-state index in [1.807, 2.05) is 20.0 Å². The molecule has 0 saturated carbocycles. The van der Waals surface area contributed by atoms with Gasteiger partial charge in [-0.15, -0.1) is 6.58 Å². The van der Waals surface area contributed by atoms with Gasteiger partial charge in [0.05, 0.1) is 0 Å². The predicted molar refractivity (Wildman–Crippen MR) is 65.9 cm³/mol. The minimum atomic E-state index is 0.300. The highest BCUT2D eigenvalue weighted by Crippen LogP contribution is 2.17. The van der Waals surface area contributed by atoms with E-state index in [1.54, 1.807) is 0 Å². The first-order valence-corrected chi connectivity index (χ1v) is 4.88. The van der Waals surface area contributed by atoms with Crippen molar-refractivity contribution in [1.82, 2.24) is 0 Å². The molecular weight excluding hydrogens is 170 g/mol. The number of hydrogen-bond acceptors (Lipinski definition) is 1. The van der Waals surface area contributed by atoms with Crippen LogP contribution in [-0.2, 0) is 0 Å². The number of aliphatic imine (C=N–C) groups is 1. The summed E-state index contributed by atoms with van der Waals surface area (Å²) in [4.78, 5) is 4.31. The van der Waals surface area contributed by atoms with Gasteiger partial charge in [-0.25, -0.2) is 0 Å². The van der Waals surface area contributed by atoms with E-state index in [0.717, 1.165) is 11.3 Å². The summed E-state index contributed by atoms with van der Waals surface area (Å²) in [5, 5.41) is 0. The van der Waals surface area contributed by atoms with Gasteiger partial charge < -0.3 is 0 Å². The third-order valence-electron chi connectivity index (χ3n) is 2.61.